The zero-order chi connectivity index (χ0) is 17.1. The molecule has 0 bridgehead atoms. The van der Waals surface area contributed by atoms with Crippen LogP contribution in [-0.4, -0.2) is 37.5 Å². The highest BCUT2D eigenvalue weighted by Crippen LogP contribution is 2.21. The Balaban J connectivity index is 1.89. The third-order valence-electron chi connectivity index (χ3n) is 3.53. The predicted octanol–water partition coefficient (Wildman–Crippen LogP) is 0.712. The van der Waals surface area contributed by atoms with Crippen molar-refractivity contribution in [2.45, 2.75) is 19.5 Å². The van der Waals surface area contributed by atoms with Crippen molar-refractivity contribution >= 4 is 28.6 Å². The number of aryl methyl sites for hydroxylation is 1. The molecule has 1 atom stereocenters. The van der Waals surface area contributed by atoms with Gasteiger partial charge in [0.2, 0.25) is 5.95 Å². The van der Waals surface area contributed by atoms with Crippen molar-refractivity contribution in [3.8, 4) is 0 Å². The van der Waals surface area contributed by atoms with E-state index >= 15 is 0 Å². The van der Waals surface area contributed by atoms with E-state index in [1.54, 1.807) is 11.7 Å². The summed E-state index contributed by atoms with van der Waals surface area (Å²) in [6, 6.07) is 7.67. The molecular weight excluding hydrogens is 306 g/mol. The topological polar surface area (TPSA) is 133 Å². The second kappa shape index (κ2) is 6.67. The van der Waals surface area contributed by atoms with E-state index in [0.717, 1.165) is 11.3 Å². The molecule has 1 unspecified atom stereocenters. The van der Waals surface area contributed by atoms with E-state index in [1.807, 2.05) is 31.2 Å². The first-order chi connectivity index (χ1) is 11.5. The summed E-state index contributed by atoms with van der Waals surface area (Å²) in [5.74, 6) is 1.08. The van der Waals surface area contributed by atoms with Gasteiger partial charge in [-0.1, -0.05) is 23.4 Å². The molecule has 0 saturated heterocycles. The van der Waals surface area contributed by atoms with E-state index in [4.69, 9.17) is 11.5 Å². The van der Waals surface area contributed by atoms with E-state index < -0.39 is 0 Å². The van der Waals surface area contributed by atoms with Gasteiger partial charge in [0.25, 0.3) is 0 Å². The summed E-state index contributed by atoms with van der Waals surface area (Å²) in [6.07, 6.45) is 0. The van der Waals surface area contributed by atoms with Gasteiger partial charge in [0.15, 0.2) is 17.0 Å². The number of para-hydroxylation sites is 1. The van der Waals surface area contributed by atoms with Gasteiger partial charge in [-0.05, 0) is 18.6 Å². The Kier molecular flexibility index (Phi) is 4.43. The van der Waals surface area contributed by atoms with Gasteiger partial charge in [-0.3, -0.25) is 0 Å². The van der Waals surface area contributed by atoms with Gasteiger partial charge < -0.3 is 22.1 Å². The lowest BCUT2D eigenvalue weighted by Gasteiger charge is -2.11. The molecule has 0 radical (unpaired) electrons. The number of nitrogens with zero attached hydrogens (tertiary/aromatic N) is 5. The van der Waals surface area contributed by atoms with Crippen LogP contribution in [0.2, 0.25) is 0 Å². The quantitative estimate of drug-likeness (QED) is 0.487. The number of nitrogens with one attached hydrogen (secondary N) is 2. The average molecular weight is 327 g/mol. The smallest absolute Gasteiger partial charge is 0.226 e. The van der Waals surface area contributed by atoms with Gasteiger partial charge in [-0.2, -0.15) is 9.97 Å². The highest BCUT2D eigenvalue weighted by atomic mass is 15.4. The number of benzene rings is 1. The lowest BCUT2D eigenvalue weighted by Crippen LogP contribution is -2.26. The van der Waals surface area contributed by atoms with Crippen molar-refractivity contribution in [1.82, 2.24) is 25.0 Å². The SMILES string of the molecule is CC(N)CNc1nc(NCc2ccccc2N)c2nnn(C)c2n1. The van der Waals surface area contributed by atoms with Gasteiger partial charge in [0.1, 0.15) is 0 Å². The summed E-state index contributed by atoms with van der Waals surface area (Å²) < 4.78 is 1.61. The van der Waals surface area contributed by atoms with Crippen molar-refractivity contribution < 1.29 is 0 Å². The molecule has 0 saturated carbocycles. The Labute approximate surface area is 139 Å². The molecule has 1 aromatic carbocycles. The molecule has 9 nitrogen and oxygen atoms in total. The summed E-state index contributed by atoms with van der Waals surface area (Å²) in [7, 11) is 1.79. The Morgan fingerprint density at radius 2 is 2.00 bits per heavy atom. The van der Waals surface area contributed by atoms with Crippen molar-refractivity contribution in [1.29, 1.82) is 0 Å². The summed E-state index contributed by atoms with van der Waals surface area (Å²) in [4.78, 5) is 8.92. The average Bonchev–Trinajstić information content (AvgIpc) is 2.93. The van der Waals surface area contributed by atoms with Crippen LogP contribution < -0.4 is 22.1 Å². The summed E-state index contributed by atoms with van der Waals surface area (Å²) in [5.41, 5.74) is 14.7. The fourth-order valence-electron chi connectivity index (χ4n) is 2.24. The molecule has 0 fully saturated rings. The maximum absolute atomic E-state index is 5.98. The first-order valence-corrected chi connectivity index (χ1v) is 7.68. The Morgan fingerprint density at radius 1 is 1.21 bits per heavy atom. The first kappa shape index (κ1) is 15.9. The van der Waals surface area contributed by atoms with E-state index in [0.29, 0.717) is 36.0 Å². The monoisotopic (exact) mass is 327 g/mol. The summed E-state index contributed by atoms with van der Waals surface area (Å²) in [5, 5.41) is 14.5. The Morgan fingerprint density at radius 3 is 2.75 bits per heavy atom. The molecule has 6 N–H and O–H groups in total. The molecule has 3 rings (SSSR count). The van der Waals surface area contributed by atoms with Crippen LogP contribution in [0.3, 0.4) is 0 Å². The van der Waals surface area contributed by atoms with Crippen molar-refractivity contribution in [3.05, 3.63) is 29.8 Å². The molecule has 2 heterocycles. The van der Waals surface area contributed by atoms with Gasteiger partial charge in [0, 0.05) is 31.9 Å². The minimum atomic E-state index is -0.00511. The number of hydrogen-bond donors (Lipinski definition) is 4. The van der Waals surface area contributed by atoms with Crippen LogP contribution in [0.15, 0.2) is 24.3 Å². The number of nitrogens with two attached hydrogens (primary N) is 2. The van der Waals surface area contributed by atoms with Crippen LogP contribution in [0.5, 0.6) is 0 Å². The van der Waals surface area contributed by atoms with Gasteiger partial charge >= 0.3 is 0 Å². The number of fused-ring (bicyclic) bond motifs is 1. The van der Waals surface area contributed by atoms with Crippen LogP contribution in [0.1, 0.15) is 12.5 Å². The molecular formula is C15H21N9. The third kappa shape index (κ3) is 3.35. The molecule has 3 aromatic rings. The zero-order valence-electron chi connectivity index (χ0n) is 13.7. The Hall–Kier alpha value is -2.94. The van der Waals surface area contributed by atoms with Crippen molar-refractivity contribution in [3.63, 3.8) is 0 Å². The van der Waals surface area contributed by atoms with E-state index in [-0.39, 0.29) is 6.04 Å². The van der Waals surface area contributed by atoms with E-state index in [2.05, 4.69) is 30.9 Å². The van der Waals surface area contributed by atoms with Gasteiger partial charge in [0.05, 0.1) is 0 Å². The minimum absolute atomic E-state index is 0.00511. The summed E-state index contributed by atoms with van der Waals surface area (Å²) >= 11 is 0. The first-order valence-electron chi connectivity index (χ1n) is 7.68. The molecule has 0 aliphatic rings. The van der Waals surface area contributed by atoms with Gasteiger partial charge in [-0.15, -0.1) is 5.10 Å². The molecule has 9 heteroatoms. The van der Waals surface area contributed by atoms with Crippen LogP contribution in [0, 0.1) is 0 Å². The molecule has 0 spiro atoms. The lowest BCUT2D eigenvalue weighted by atomic mass is 10.2. The Bertz CT molecular complexity index is 840. The molecule has 126 valence electrons. The predicted molar refractivity (Wildman–Crippen MR) is 94.4 cm³/mol. The highest BCUT2D eigenvalue weighted by Gasteiger charge is 2.13. The van der Waals surface area contributed by atoms with Crippen molar-refractivity contribution in [2.75, 3.05) is 22.9 Å². The number of hydrogen-bond acceptors (Lipinski definition) is 8. The number of aromatic nitrogens is 5. The van der Waals surface area contributed by atoms with Crippen LogP contribution in [-0.2, 0) is 13.6 Å². The van der Waals surface area contributed by atoms with Crippen LogP contribution in [0.25, 0.3) is 11.2 Å². The highest BCUT2D eigenvalue weighted by molar-refractivity contribution is 5.83. The van der Waals surface area contributed by atoms with Crippen LogP contribution in [0.4, 0.5) is 17.5 Å². The number of anilines is 3. The standard InChI is InChI=1S/C15H21N9/c1-9(16)7-19-15-20-13(12-14(21-15)24(2)23-22-12)18-8-10-5-3-4-6-11(10)17/h3-6,9H,7-8,16-17H2,1-2H3,(H2,18,19,20,21). The normalized spacial score (nSPS) is 12.3. The fourth-order valence-corrected chi connectivity index (χ4v) is 2.24. The van der Waals surface area contributed by atoms with E-state index in [9.17, 15) is 0 Å². The lowest BCUT2D eigenvalue weighted by molar-refractivity contribution is 0.729. The maximum Gasteiger partial charge on any atom is 0.226 e. The van der Waals surface area contributed by atoms with E-state index in [1.165, 1.54) is 0 Å². The maximum atomic E-state index is 5.98. The molecule has 0 aliphatic carbocycles. The summed E-state index contributed by atoms with van der Waals surface area (Å²) in [6.45, 7) is 3.01. The third-order valence-corrected chi connectivity index (χ3v) is 3.53. The molecule has 24 heavy (non-hydrogen) atoms. The molecule has 0 amide bonds. The molecule has 2 aromatic heterocycles. The second-order valence-corrected chi connectivity index (χ2v) is 5.69. The fraction of sp³-hybridized carbons (Fsp3) is 0.333. The van der Waals surface area contributed by atoms with Gasteiger partial charge in [-0.25, -0.2) is 4.68 Å². The number of rotatable bonds is 6. The minimum Gasteiger partial charge on any atom is -0.398 e. The second-order valence-electron chi connectivity index (χ2n) is 5.69. The van der Waals surface area contributed by atoms with Crippen molar-refractivity contribution in [2.24, 2.45) is 12.8 Å². The largest absolute Gasteiger partial charge is 0.398 e. The number of nitrogen functional groups attached to an aromatic ring is 1. The molecule has 0 aliphatic heterocycles. The van der Waals surface area contributed by atoms with Crippen LogP contribution >= 0.6 is 0 Å². The zero-order valence-corrected chi connectivity index (χ0v) is 13.7.